The van der Waals surface area contributed by atoms with Crippen LogP contribution in [0.1, 0.15) is 0 Å². The topological polar surface area (TPSA) is 72.6 Å². The Morgan fingerprint density at radius 2 is 2.04 bits per heavy atom. The van der Waals surface area contributed by atoms with Crippen molar-refractivity contribution >= 4 is 39.1 Å². The summed E-state index contributed by atoms with van der Waals surface area (Å²) in [7, 11) is 0. The first-order valence-corrected chi connectivity index (χ1v) is 8.72. The zero-order valence-corrected chi connectivity index (χ0v) is 14.2. The van der Waals surface area contributed by atoms with Crippen molar-refractivity contribution in [1.82, 2.24) is 14.4 Å². The minimum atomic E-state index is 0.0202. The molecule has 0 unspecified atom stereocenters. The van der Waals surface area contributed by atoms with Crippen LogP contribution in [0, 0.1) is 5.41 Å². The quantitative estimate of drug-likeness (QED) is 0.859. The number of amides is 1. The maximum absolute atomic E-state index is 12.5. The number of nitrogens with one attached hydrogen (secondary N) is 1. The van der Waals surface area contributed by atoms with Crippen LogP contribution in [0.3, 0.4) is 0 Å². The fourth-order valence-corrected chi connectivity index (χ4v) is 3.87. The number of hydrogen-bond donors (Lipinski definition) is 2. The van der Waals surface area contributed by atoms with Crippen molar-refractivity contribution in [1.29, 1.82) is 5.41 Å². The number of β-amino-alcohol motifs (C(OH)–C–C–N with tert-alkyl or cyclic N) is 1. The van der Waals surface area contributed by atoms with Crippen molar-refractivity contribution in [3.05, 3.63) is 28.0 Å². The van der Waals surface area contributed by atoms with Crippen molar-refractivity contribution in [3.8, 4) is 0 Å². The number of benzene rings is 1. The van der Waals surface area contributed by atoms with Gasteiger partial charge in [-0.2, -0.15) is 0 Å². The second-order valence-electron chi connectivity index (χ2n) is 5.55. The zero-order chi connectivity index (χ0) is 16.4. The molecular weight excluding hydrogens is 336 g/mol. The first-order valence-electron chi connectivity index (χ1n) is 7.53. The second-order valence-corrected chi connectivity index (χ2v) is 7.02. The van der Waals surface area contributed by atoms with Gasteiger partial charge in [0.15, 0.2) is 4.80 Å². The molecule has 23 heavy (non-hydrogen) atoms. The van der Waals surface area contributed by atoms with E-state index in [-0.39, 0.29) is 19.1 Å². The van der Waals surface area contributed by atoms with Gasteiger partial charge in [-0.1, -0.05) is 22.9 Å². The van der Waals surface area contributed by atoms with Crippen LogP contribution in [0.15, 0.2) is 18.2 Å². The Kier molecular flexibility index (Phi) is 5.01. The molecule has 0 bridgehead atoms. The van der Waals surface area contributed by atoms with Gasteiger partial charge in [0.25, 0.3) is 0 Å². The number of carbonyl (C=O) groups is 1. The Balaban J connectivity index is 1.72. The molecule has 0 spiro atoms. The van der Waals surface area contributed by atoms with Gasteiger partial charge >= 0.3 is 0 Å². The molecule has 1 saturated heterocycles. The molecule has 8 heteroatoms. The molecule has 0 saturated carbocycles. The largest absolute Gasteiger partial charge is 0.395 e. The summed E-state index contributed by atoms with van der Waals surface area (Å²) in [6.07, 6.45) is 0. The number of nitrogens with zero attached hydrogens (tertiary/aromatic N) is 3. The molecule has 2 heterocycles. The molecule has 124 valence electrons. The Morgan fingerprint density at radius 1 is 1.30 bits per heavy atom. The Bertz CT molecular complexity index is 764. The van der Waals surface area contributed by atoms with E-state index in [9.17, 15) is 4.79 Å². The van der Waals surface area contributed by atoms with E-state index in [0.29, 0.717) is 29.5 Å². The fraction of sp³-hybridized carbons (Fsp3) is 0.467. The van der Waals surface area contributed by atoms with Gasteiger partial charge in [0.05, 0.1) is 16.8 Å². The number of halogens is 1. The highest BCUT2D eigenvalue weighted by Crippen LogP contribution is 2.21. The van der Waals surface area contributed by atoms with Crippen molar-refractivity contribution in [3.63, 3.8) is 0 Å². The summed E-state index contributed by atoms with van der Waals surface area (Å²) in [6.45, 7) is 3.85. The summed E-state index contributed by atoms with van der Waals surface area (Å²) in [5, 5.41) is 17.7. The molecular formula is C15H19ClN4O2S. The van der Waals surface area contributed by atoms with Crippen LogP contribution in [-0.4, -0.2) is 64.7 Å². The van der Waals surface area contributed by atoms with Crippen LogP contribution >= 0.6 is 22.9 Å². The van der Waals surface area contributed by atoms with Gasteiger partial charge < -0.3 is 14.6 Å². The summed E-state index contributed by atoms with van der Waals surface area (Å²) in [4.78, 5) is 16.9. The van der Waals surface area contributed by atoms with E-state index in [1.54, 1.807) is 16.7 Å². The molecule has 0 atom stereocenters. The minimum Gasteiger partial charge on any atom is -0.395 e. The third-order valence-electron chi connectivity index (χ3n) is 4.10. The molecule has 3 rings (SSSR count). The van der Waals surface area contributed by atoms with E-state index < -0.39 is 0 Å². The van der Waals surface area contributed by atoms with Gasteiger partial charge in [-0.15, -0.1) is 0 Å². The van der Waals surface area contributed by atoms with Crippen LogP contribution in [0.5, 0.6) is 0 Å². The molecule has 6 nitrogen and oxygen atoms in total. The summed E-state index contributed by atoms with van der Waals surface area (Å²) in [6, 6.07) is 5.49. The lowest BCUT2D eigenvalue weighted by Crippen LogP contribution is -2.50. The Labute approximate surface area is 143 Å². The first-order chi connectivity index (χ1) is 11.1. The van der Waals surface area contributed by atoms with Crippen molar-refractivity contribution in [2.75, 3.05) is 39.3 Å². The maximum Gasteiger partial charge on any atom is 0.242 e. The molecule has 0 radical (unpaired) electrons. The minimum absolute atomic E-state index is 0.0202. The highest BCUT2D eigenvalue weighted by Gasteiger charge is 2.21. The lowest BCUT2D eigenvalue weighted by Gasteiger charge is -2.34. The standard InChI is InChI=1S/C15H19ClN4O2S/c16-11-1-2-13-12(9-11)20(15(17)23-13)10-14(22)19-5-3-18(4-6-19)7-8-21/h1-2,9,17,21H,3-8,10H2. The van der Waals surface area contributed by atoms with Gasteiger partial charge in [-0.05, 0) is 18.2 Å². The smallest absolute Gasteiger partial charge is 0.242 e. The SMILES string of the molecule is N=c1sc2ccc(Cl)cc2n1CC(=O)N1CCN(CCO)CC1. The second kappa shape index (κ2) is 7.00. The zero-order valence-electron chi connectivity index (χ0n) is 12.7. The van der Waals surface area contributed by atoms with Crippen LogP contribution < -0.4 is 4.80 Å². The van der Waals surface area contributed by atoms with Crippen molar-refractivity contribution in [2.45, 2.75) is 6.54 Å². The summed E-state index contributed by atoms with van der Waals surface area (Å²) >= 11 is 7.39. The number of aromatic nitrogens is 1. The average molecular weight is 355 g/mol. The van der Waals surface area contributed by atoms with E-state index in [2.05, 4.69) is 4.90 Å². The number of aliphatic hydroxyl groups excluding tert-OH is 1. The molecule has 1 aliphatic heterocycles. The summed E-state index contributed by atoms with van der Waals surface area (Å²) < 4.78 is 2.67. The lowest BCUT2D eigenvalue weighted by molar-refractivity contribution is -0.133. The molecule has 2 aromatic rings. The molecule has 1 fully saturated rings. The third kappa shape index (κ3) is 3.58. The van der Waals surface area contributed by atoms with Gasteiger partial charge in [0, 0.05) is 37.7 Å². The number of thiazole rings is 1. The number of hydrogen-bond acceptors (Lipinski definition) is 5. The number of piperazine rings is 1. The number of fused-ring (bicyclic) bond motifs is 1. The van der Waals surface area contributed by atoms with Crippen LogP contribution in [-0.2, 0) is 11.3 Å². The number of carbonyl (C=O) groups excluding carboxylic acids is 1. The van der Waals surface area contributed by atoms with Gasteiger partial charge in [0.1, 0.15) is 6.54 Å². The van der Waals surface area contributed by atoms with Crippen LogP contribution in [0.25, 0.3) is 10.2 Å². The first kappa shape index (κ1) is 16.4. The molecule has 1 aromatic heterocycles. The van der Waals surface area contributed by atoms with E-state index in [1.165, 1.54) is 11.3 Å². The molecule has 2 N–H and O–H groups in total. The molecule has 1 aromatic carbocycles. The van der Waals surface area contributed by atoms with Gasteiger partial charge in [0.2, 0.25) is 5.91 Å². The molecule has 1 amide bonds. The number of rotatable bonds is 4. The predicted molar refractivity (Wildman–Crippen MR) is 90.8 cm³/mol. The Hall–Kier alpha value is -1.41. The summed E-state index contributed by atoms with van der Waals surface area (Å²) in [5.41, 5.74) is 0.833. The highest BCUT2D eigenvalue weighted by atomic mass is 35.5. The van der Waals surface area contributed by atoms with Crippen LogP contribution in [0.4, 0.5) is 0 Å². The van der Waals surface area contributed by atoms with Gasteiger partial charge in [-0.3, -0.25) is 15.1 Å². The lowest BCUT2D eigenvalue weighted by atomic mass is 10.3. The summed E-state index contributed by atoms with van der Waals surface area (Å²) in [5.74, 6) is 0.0202. The normalized spacial score (nSPS) is 16.2. The highest BCUT2D eigenvalue weighted by molar-refractivity contribution is 7.16. The molecule has 0 aliphatic carbocycles. The van der Waals surface area contributed by atoms with E-state index >= 15 is 0 Å². The van der Waals surface area contributed by atoms with Crippen LogP contribution in [0.2, 0.25) is 5.02 Å². The van der Waals surface area contributed by atoms with E-state index in [0.717, 1.165) is 23.3 Å². The van der Waals surface area contributed by atoms with Crippen molar-refractivity contribution < 1.29 is 9.90 Å². The maximum atomic E-state index is 12.5. The monoisotopic (exact) mass is 354 g/mol. The molecule has 1 aliphatic rings. The Morgan fingerprint density at radius 3 is 2.74 bits per heavy atom. The number of aliphatic hydroxyl groups is 1. The van der Waals surface area contributed by atoms with Crippen molar-refractivity contribution in [2.24, 2.45) is 0 Å². The van der Waals surface area contributed by atoms with Gasteiger partial charge in [-0.25, -0.2) is 0 Å². The van der Waals surface area contributed by atoms with E-state index in [1.807, 2.05) is 11.0 Å². The predicted octanol–water partition coefficient (Wildman–Crippen LogP) is 0.972. The average Bonchev–Trinajstić information content (AvgIpc) is 2.84. The van der Waals surface area contributed by atoms with E-state index in [4.69, 9.17) is 22.1 Å². The third-order valence-corrected chi connectivity index (χ3v) is 5.31. The fourth-order valence-electron chi connectivity index (χ4n) is 2.81.